The van der Waals surface area contributed by atoms with Crippen molar-refractivity contribution >= 4 is 17.7 Å². The Morgan fingerprint density at radius 1 is 1.24 bits per heavy atom. The minimum Gasteiger partial charge on any atom is -0.338 e. The van der Waals surface area contributed by atoms with Crippen molar-refractivity contribution in [3.63, 3.8) is 0 Å². The molecule has 5 nitrogen and oxygen atoms in total. The summed E-state index contributed by atoms with van der Waals surface area (Å²) in [5.74, 6) is 2.76. The van der Waals surface area contributed by atoms with Crippen molar-refractivity contribution in [1.29, 1.82) is 0 Å². The zero-order valence-corrected chi connectivity index (χ0v) is 14.2. The first-order valence-corrected chi connectivity index (χ1v) is 9.02. The monoisotopic (exact) mass is 309 g/mol. The molecule has 1 aromatic rings. The summed E-state index contributed by atoms with van der Waals surface area (Å²) in [6.07, 6.45) is 6.06. The second-order valence-corrected chi connectivity index (χ2v) is 6.78. The normalized spacial score (nSPS) is 18.0. The smallest absolute Gasteiger partial charge is 0.225 e. The fourth-order valence-electron chi connectivity index (χ4n) is 2.42. The quantitative estimate of drug-likeness (QED) is 0.819. The lowest BCUT2D eigenvalue weighted by Crippen LogP contribution is -2.45. The third kappa shape index (κ3) is 5.45. The maximum atomic E-state index is 4.51. The first-order valence-electron chi connectivity index (χ1n) is 7.63. The van der Waals surface area contributed by atoms with Gasteiger partial charge in [0, 0.05) is 50.7 Å². The van der Waals surface area contributed by atoms with E-state index in [2.05, 4.69) is 45.3 Å². The first-order chi connectivity index (χ1) is 10.2. The van der Waals surface area contributed by atoms with Crippen LogP contribution in [0.15, 0.2) is 12.4 Å². The molecule has 1 aliphatic heterocycles. The van der Waals surface area contributed by atoms with E-state index >= 15 is 0 Å². The molecule has 1 fully saturated rings. The number of hydrogen-bond donors (Lipinski definition) is 1. The van der Waals surface area contributed by atoms with Crippen LogP contribution in [0.3, 0.4) is 0 Å². The van der Waals surface area contributed by atoms with Crippen LogP contribution in [0.1, 0.15) is 12.5 Å². The van der Waals surface area contributed by atoms with Gasteiger partial charge in [-0.05, 0) is 31.5 Å². The molecule has 6 heteroatoms. The summed E-state index contributed by atoms with van der Waals surface area (Å²) in [6.45, 7) is 8.36. The van der Waals surface area contributed by atoms with Crippen LogP contribution in [0.4, 0.5) is 5.95 Å². The molecule has 21 heavy (non-hydrogen) atoms. The Labute approximate surface area is 132 Å². The molecule has 2 heterocycles. The number of nitrogens with zero attached hydrogens (tertiary/aromatic N) is 4. The molecule has 0 bridgehead atoms. The predicted molar refractivity (Wildman–Crippen MR) is 91.0 cm³/mol. The number of hydrogen-bond acceptors (Lipinski definition) is 6. The minimum absolute atomic E-state index is 0.700. The van der Waals surface area contributed by atoms with Gasteiger partial charge in [0.1, 0.15) is 0 Å². The number of piperazine rings is 1. The molecule has 0 aromatic carbocycles. The van der Waals surface area contributed by atoms with Crippen molar-refractivity contribution in [2.45, 2.75) is 13.5 Å². The summed E-state index contributed by atoms with van der Waals surface area (Å²) in [7, 11) is 2.16. The van der Waals surface area contributed by atoms with Gasteiger partial charge in [0.05, 0.1) is 0 Å². The Balaban J connectivity index is 1.76. The molecule has 0 radical (unpaired) electrons. The Morgan fingerprint density at radius 3 is 2.52 bits per heavy atom. The summed E-state index contributed by atoms with van der Waals surface area (Å²) >= 11 is 1.90. The molecule has 0 spiro atoms. The number of rotatable bonds is 7. The topological polar surface area (TPSA) is 44.3 Å². The summed E-state index contributed by atoms with van der Waals surface area (Å²) in [5.41, 5.74) is 1.16. The molecule has 1 atom stereocenters. The molecular weight excluding hydrogens is 282 g/mol. The summed E-state index contributed by atoms with van der Waals surface area (Å²) < 4.78 is 0. The Morgan fingerprint density at radius 2 is 1.90 bits per heavy atom. The molecule has 1 aliphatic rings. The van der Waals surface area contributed by atoms with Crippen LogP contribution >= 0.6 is 11.8 Å². The Hall–Kier alpha value is -0.850. The SMILES string of the molecule is CSC[C@H](C)CNCc1cnc(N2CCN(C)CC2)nc1. The van der Waals surface area contributed by atoms with Crippen LogP contribution in [0, 0.1) is 5.92 Å². The van der Waals surface area contributed by atoms with E-state index in [9.17, 15) is 0 Å². The van der Waals surface area contributed by atoms with E-state index in [1.54, 1.807) is 0 Å². The summed E-state index contributed by atoms with van der Waals surface area (Å²) in [4.78, 5) is 13.6. The van der Waals surface area contributed by atoms with E-state index < -0.39 is 0 Å². The fourth-order valence-corrected chi connectivity index (χ4v) is 3.10. The van der Waals surface area contributed by atoms with E-state index in [4.69, 9.17) is 0 Å². The molecule has 0 amide bonds. The lowest BCUT2D eigenvalue weighted by Gasteiger charge is -2.32. The van der Waals surface area contributed by atoms with Crippen LogP contribution in [0.2, 0.25) is 0 Å². The highest BCUT2D eigenvalue weighted by molar-refractivity contribution is 7.98. The van der Waals surface area contributed by atoms with Crippen molar-refractivity contribution in [2.24, 2.45) is 5.92 Å². The number of anilines is 1. The van der Waals surface area contributed by atoms with Gasteiger partial charge in [0.15, 0.2) is 0 Å². The van der Waals surface area contributed by atoms with E-state index in [1.807, 2.05) is 24.2 Å². The molecule has 1 N–H and O–H groups in total. The summed E-state index contributed by atoms with van der Waals surface area (Å²) in [6, 6.07) is 0. The highest BCUT2D eigenvalue weighted by atomic mass is 32.2. The number of thioether (sulfide) groups is 1. The zero-order valence-electron chi connectivity index (χ0n) is 13.4. The third-order valence-corrected chi connectivity index (χ3v) is 4.65. The first kappa shape index (κ1) is 16.5. The third-order valence-electron chi connectivity index (χ3n) is 3.75. The molecule has 0 unspecified atom stereocenters. The van der Waals surface area contributed by atoms with Gasteiger partial charge in [0.2, 0.25) is 5.95 Å². The number of aromatic nitrogens is 2. The molecule has 118 valence electrons. The molecule has 0 aliphatic carbocycles. The highest BCUT2D eigenvalue weighted by Crippen LogP contribution is 2.10. The molecule has 1 saturated heterocycles. The molecular formula is C15H27N5S. The van der Waals surface area contributed by atoms with Gasteiger partial charge in [-0.25, -0.2) is 9.97 Å². The van der Waals surface area contributed by atoms with Gasteiger partial charge in [-0.3, -0.25) is 0 Å². The molecule has 2 rings (SSSR count). The number of likely N-dealkylation sites (N-methyl/N-ethyl adjacent to an activating group) is 1. The van der Waals surface area contributed by atoms with Gasteiger partial charge in [-0.2, -0.15) is 11.8 Å². The standard InChI is InChI=1S/C15H27N5S/c1-13(12-21-3)8-16-9-14-10-17-15(18-11-14)20-6-4-19(2)5-7-20/h10-11,13,16H,4-9,12H2,1-3H3/t13-/m1/s1. The van der Waals surface area contributed by atoms with Gasteiger partial charge in [-0.1, -0.05) is 6.92 Å². The van der Waals surface area contributed by atoms with E-state index in [0.717, 1.165) is 50.8 Å². The van der Waals surface area contributed by atoms with Gasteiger partial charge < -0.3 is 15.1 Å². The maximum Gasteiger partial charge on any atom is 0.225 e. The van der Waals surface area contributed by atoms with Crippen LogP contribution in [0.5, 0.6) is 0 Å². The number of nitrogens with one attached hydrogen (secondary N) is 1. The second-order valence-electron chi connectivity index (χ2n) is 5.87. The Bertz CT molecular complexity index is 403. The van der Waals surface area contributed by atoms with Crippen molar-refractivity contribution in [2.75, 3.05) is 56.7 Å². The van der Waals surface area contributed by atoms with Crippen molar-refractivity contribution < 1.29 is 0 Å². The van der Waals surface area contributed by atoms with Crippen molar-refractivity contribution in [3.8, 4) is 0 Å². The van der Waals surface area contributed by atoms with Crippen LogP contribution in [-0.4, -0.2) is 66.6 Å². The van der Waals surface area contributed by atoms with Crippen molar-refractivity contribution in [3.05, 3.63) is 18.0 Å². The lowest BCUT2D eigenvalue weighted by molar-refractivity contribution is 0.311. The predicted octanol–water partition coefficient (Wildman–Crippen LogP) is 1.32. The highest BCUT2D eigenvalue weighted by Gasteiger charge is 2.15. The second kappa shape index (κ2) is 8.56. The fraction of sp³-hybridized carbons (Fsp3) is 0.733. The molecule has 0 saturated carbocycles. The molecule has 1 aromatic heterocycles. The average molecular weight is 309 g/mol. The minimum atomic E-state index is 0.700. The average Bonchev–Trinajstić information content (AvgIpc) is 2.49. The van der Waals surface area contributed by atoms with Crippen LogP contribution in [0.25, 0.3) is 0 Å². The van der Waals surface area contributed by atoms with E-state index in [0.29, 0.717) is 5.92 Å². The van der Waals surface area contributed by atoms with Crippen LogP contribution in [-0.2, 0) is 6.54 Å². The van der Waals surface area contributed by atoms with Gasteiger partial charge in [0.25, 0.3) is 0 Å². The van der Waals surface area contributed by atoms with Gasteiger partial charge in [-0.15, -0.1) is 0 Å². The summed E-state index contributed by atoms with van der Waals surface area (Å²) in [5, 5.41) is 3.48. The lowest BCUT2D eigenvalue weighted by atomic mass is 10.2. The van der Waals surface area contributed by atoms with Crippen LogP contribution < -0.4 is 10.2 Å². The maximum absolute atomic E-state index is 4.51. The van der Waals surface area contributed by atoms with Gasteiger partial charge >= 0.3 is 0 Å². The Kier molecular flexibility index (Phi) is 6.73. The zero-order chi connectivity index (χ0) is 15.1. The largest absolute Gasteiger partial charge is 0.338 e. The van der Waals surface area contributed by atoms with Crippen molar-refractivity contribution in [1.82, 2.24) is 20.2 Å². The van der Waals surface area contributed by atoms with E-state index in [-0.39, 0.29) is 0 Å². The van der Waals surface area contributed by atoms with E-state index in [1.165, 1.54) is 5.75 Å².